The molecular formula is C12H16FN3O3S. The van der Waals surface area contributed by atoms with Crippen LogP contribution >= 0.6 is 0 Å². The van der Waals surface area contributed by atoms with E-state index >= 15 is 0 Å². The number of halogens is 1. The van der Waals surface area contributed by atoms with Gasteiger partial charge in [-0.05, 0) is 18.2 Å². The number of benzene rings is 1. The smallest absolute Gasteiger partial charge is 0.240 e. The van der Waals surface area contributed by atoms with Crippen LogP contribution < -0.4 is 10.0 Å². The lowest BCUT2D eigenvalue weighted by atomic mass is 10.2. The molecule has 6 nitrogen and oxygen atoms in total. The Morgan fingerprint density at radius 2 is 2.10 bits per heavy atom. The fourth-order valence-corrected chi connectivity index (χ4v) is 2.47. The van der Waals surface area contributed by atoms with Crippen LogP contribution in [0.5, 0.6) is 0 Å². The van der Waals surface area contributed by atoms with Gasteiger partial charge in [0.15, 0.2) is 0 Å². The number of rotatable bonds is 8. The first-order valence-electron chi connectivity index (χ1n) is 5.90. The molecule has 8 heteroatoms. The highest BCUT2D eigenvalue weighted by atomic mass is 32.2. The van der Waals surface area contributed by atoms with Gasteiger partial charge in [-0.3, -0.25) is 0 Å². The first-order valence-corrected chi connectivity index (χ1v) is 7.38. The fraction of sp³-hybridized carbons (Fsp3) is 0.417. The molecule has 0 spiro atoms. The third-order valence-corrected chi connectivity index (χ3v) is 3.90. The number of nitriles is 1. The molecule has 0 aromatic heterocycles. The van der Waals surface area contributed by atoms with Crippen molar-refractivity contribution >= 4 is 10.0 Å². The minimum absolute atomic E-state index is 0.132. The SMILES string of the molecule is COCCNCCNS(=O)(=O)c1ccc(F)c(C#N)c1. The Morgan fingerprint density at radius 3 is 2.75 bits per heavy atom. The summed E-state index contributed by atoms with van der Waals surface area (Å²) in [6.07, 6.45) is 0. The number of hydrogen-bond donors (Lipinski definition) is 2. The van der Waals surface area contributed by atoms with E-state index in [2.05, 4.69) is 10.0 Å². The molecule has 0 radical (unpaired) electrons. The minimum Gasteiger partial charge on any atom is -0.383 e. The molecular weight excluding hydrogens is 285 g/mol. The predicted molar refractivity (Wildman–Crippen MR) is 71.0 cm³/mol. The third-order valence-electron chi connectivity index (χ3n) is 2.45. The molecule has 0 bridgehead atoms. The summed E-state index contributed by atoms with van der Waals surface area (Å²) in [6.45, 7) is 1.78. The summed E-state index contributed by atoms with van der Waals surface area (Å²) in [6, 6.07) is 4.70. The molecule has 20 heavy (non-hydrogen) atoms. The molecule has 1 rings (SSSR count). The zero-order valence-corrected chi connectivity index (χ0v) is 11.8. The Labute approximate surface area is 117 Å². The summed E-state index contributed by atoms with van der Waals surface area (Å²) in [5, 5.41) is 11.7. The predicted octanol–water partition coefficient (Wildman–Crippen LogP) is 0.212. The number of ether oxygens (including phenoxy) is 1. The lowest BCUT2D eigenvalue weighted by Crippen LogP contribution is -2.33. The van der Waals surface area contributed by atoms with E-state index in [1.807, 2.05) is 0 Å². The molecule has 0 aliphatic carbocycles. The maximum atomic E-state index is 13.1. The van der Waals surface area contributed by atoms with E-state index in [1.54, 1.807) is 13.2 Å². The average molecular weight is 301 g/mol. The molecule has 0 heterocycles. The van der Waals surface area contributed by atoms with Crippen molar-refractivity contribution in [3.05, 3.63) is 29.6 Å². The monoisotopic (exact) mass is 301 g/mol. The van der Waals surface area contributed by atoms with Gasteiger partial charge in [0.25, 0.3) is 0 Å². The second-order valence-electron chi connectivity index (χ2n) is 3.89. The van der Waals surface area contributed by atoms with Crippen molar-refractivity contribution in [1.82, 2.24) is 10.0 Å². The first-order chi connectivity index (χ1) is 9.51. The van der Waals surface area contributed by atoms with Crippen LogP contribution in [0.4, 0.5) is 4.39 Å². The number of methoxy groups -OCH3 is 1. The van der Waals surface area contributed by atoms with Gasteiger partial charge in [-0.2, -0.15) is 5.26 Å². The third kappa shape index (κ3) is 4.86. The van der Waals surface area contributed by atoms with Gasteiger partial charge >= 0.3 is 0 Å². The minimum atomic E-state index is -3.74. The van der Waals surface area contributed by atoms with Crippen LogP contribution in [0, 0.1) is 17.1 Å². The van der Waals surface area contributed by atoms with Crippen molar-refractivity contribution in [3.63, 3.8) is 0 Å². The zero-order valence-electron chi connectivity index (χ0n) is 11.0. The molecule has 0 saturated carbocycles. The van der Waals surface area contributed by atoms with Crippen LogP contribution in [-0.2, 0) is 14.8 Å². The molecule has 0 fully saturated rings. The van der Waals surface area contributed by atoms with Gasteiger partial charge in [0.2, 0.25) is 10.0 Å². The molecule has 1 aromatic rings. The zero-order chi connectivity index (χ0) is 15.0. The van der Waals surface area contributed by atoms with E-state index in [9.17, 15) is 12.8 Å². The Kier molecular flexibility index (Phi) is 6.54. The van der Waals surface area contributed by atoms with Gasteiger partial charge in [-0.15, -0.1) is 0 Å². The van der Waals surface area contributed by atoms with Crippen LogP contribution in [-0.4, -0.2) is 41.8 Å². The molecule has 0 amide bonds. The summed E-state index contributed by atoms with van der Waals surface area (Å²) in [7, 11) is -2.17. The Hall–Kier alpha value is -1.53. The summed E-state index contributed by atoms with van der Waals surface area (Å²) in [4.78, 5) is -0.132. The van der Waals surface area contributed by atoms with Crippen molar-refractivity contribution in [1.29, 1.82) is 5.26 Å². The number of hydrogen-bond acceptors (Lipinski definition) is 5. The van der Waals surface area contributed by atoms with E-state index in [4.69, 9.17) is 10.00 Å². The van der Waals surface area contributed by atoms with E-state index in [1.165, 1.54) is 0 Å². The van der Waals surface area contributed by atoms with Crippen molar-refractivity contribution in [2.24, 2.45) is 0 Å². The largest absolute Gasteiger partial charge is 0.383 e. The number of nitrogens with zero attached hydrogens (tertiary/aromatic N) is 1. The fourth-order valence-electron chi connectivity index (χ4n) is 1.41. The molecule has 0 aliphatic rings. The van der Waals surface area contributed by atoms with Gasteiger partial charge in [-0.1, -0.05) is 0 Å². The molecule has 0 unspecified atom stereocenters. The van der Waals surface area contributed by atoms with Crippen LogP contribution in [0.25, 0.3) is 0 Å². The maximum absolute atomic E-state index is 13.1. The number of sulfonamides is 1. The molecule has 1 aromatic carbocycles. The summed E-state index contributed by atoms with van der Waals surface area (Å²) in [5.41, 5.74) is -0.300. The van der Waals surface area contributed by atoms with Crippen molar-refractivity contribution in [2.75, 3.05) is 33.4 Å². The second-order valence-corrected chi connectivity index (χ2v) is 5.66. The van der Waals surface area contributed by atoms with Gasteiger partial charge in [-0.25, -0.2) is 17.5 Å². The lowest BCUT2D eigenvalue weighted by molar-refractivity contribution is 0.199. The Balaban J connectivity index is 2.59. The normalized spacial score (nSPS) is 11.2. The topological polar surface area (TPSA) is 91.2 Å². The van der Waals surface area contributed by atoms with Crippen molar-refractivity contribution in [3.8, 4) is 6.07 Å². The van der Waals surface area contributed by atoms with Crippen LogP contribution in [0.1, 0.15) is 5.56 Å². The van der Waals surface area contributed by atoms with Crippen molar-refractivity contribution in [2.45, 2.75) is 4.90 Å². The van der Waals surface area contributed by atoms with Crippen molar-refractivity contribution < 1.29 is 17.5 Å². The van der Waals surface area contributed by atoms with Gasteiger partial charge in [0, 0.05) is 26.7 Å². The highest BCUT2D eigenvalue weighted by Gasteiger charge is 2.15. The highest BCUT2D eigenvalue weighted by molar-refractivity contribution is 7.89. The highest BCUT2D eigenvalue weighted by Crippen LogP contribution is 2.13. The van der Waals surface area contributed by atoms with E-state index in [0.29, 0.717) is 19.7 Å². The van der Waals surface area contributed by atoms with E-state index in [0.717, 1.165) is 18.2 Å². The van der Waals surface area contributed by atoms with E-state index in [-0.39, 0.29) is 17.0 Å². The Bertz CT molecular complexity index is 584. The number of nitrogens with one attached hydrogen (secondary N) is 2. The lowest BCUT2D eigenvalue weighted by Gasteiger charge is -2.08. The first kappa shape index (κ1) is 16.5. The van der Waals surface area contributed by atoms with Crippen LogP contribution in [0.15, 0.2) is 23.1 Å². The van der Waals surface area contributed by atoms with Gasteiger partial charge in [0.1, 0.15) is 11.9 Å². The molecule has 2 N–H and O–H groups in total. The van der Waals surface area contributed by atoms with Gasteiger partial charge in [0.05, 0.1) is 17.1 Å². The quantitative estimate of drug-likeness (QED) is 0.670. The van der Waals surface area contributed by atoms with Crippen LogP contribution in [0.3, 0.4) is 0 Å². The molecule has 0 saturated heterocycles. The molecule has 110 valence electrons. The summed E-state index contributed by atoms with van der Waals surface area (Å²) < 4.78 is 44.1. The summed E-state index contributed by atoms with van der Waals surface area (Å²) >= 11 is 0. The van der Waals surface area contributed by atoms with Gasteiger partial charge < -0.3 is 10.1 Å². The van der Waals surface area contributed by atoms with E-state index < -0.39 is 15.8 Å². The van der Waals surface area contributed by atoms with Crippen LogP contribution in [0.2, 0.25) is 0 Å². The summed E-state index contributed by atoms with van der Waals surface area (Å²) in [5.74, 6) is -0.743. The Morgan fingerprint density at radius 1 is 1.35 bits per heavy atom. The molecule has 0 aliphatic heterocycles. The average Bonchev–Trinajstić information content (AvgIpc) is 2.43. The second kappa shape index (κ2) is 7.91. The standard InChI is InChI=1S/C12H16FN3O3S/c1-19-7-6-15-4-5-16-20(17,18)11-2-3-12(13)10(8-11)9-14/h2-3,8,15-16H,4-7H2,1H3. The molecule has 0 atom stereocenters. The maximum Gasteiger partial charge on any atom is 0.240 e.